The van der Waals surface area contributed by atoms with Gasteiger partial charge in [-0.3, -0.25) is 10.1 Å². The van der Waals surface area contributed by atoms with E-state index >= 15 is 0 Å². The Morgan fingerprint density at radius 3 is 2.72 bits per heavy atom. The molecule has 0 aliphatic carbocycles. The molecule has 1 heterocycles. The molecule has 1 aromatic carbocycles. The van der Waals surface area contributed by atoms with Crippen molar-refractivity contribution in [1.82, 2.24) is 5.32 Å². The molecule has 0 bridgehead atoms. The van der Waals surface area contributed by atoms with Crippen LogP contribution in [0.15, 0.2) is 24.3 Å². The molecule has 0 radical (unpaired) electrons. The Kier molecular flexibility index (Phi) is 4.59. The summed E-state index contributed by atoms with van der Waals surface area (Å²) in [6, 6.07) is 4.35. The molecular weight excluding hydrogens is 269 g/mol. The van der Waals surface area contributed by atoms with E-state index in [9.17, 15) is 18.0 Å². The first-order valence-corrected chi connectivity index (χ1v) is 5.14. The van der Waals surface area contributed by atoms with Crippen molar-refractivity contribution in [3.05, 3.63) is 30.1 Å². The Morgan fingerprint density at radius 1 is 1.44 bits per heavy atom. The first kappa shape index (κ1) is 14.8. The molecule has 1 aromatic rings. The molecule has 7 heteroatoms. The maximum atomic E-state index is 12.9. The Morgan fingerprint density at radius 2 is 2.17 bits per heavy atom. The maximum Gasteiger partial charge on any atom is 0.262 e. The Hall–Kier alpha value is -1.27. The molecule has 0 saturated carbocycles. The van der Waals surface area contributed by atoms with Crippen molar-refractivity contribution in [2.24, 2.45) is 0 Å². The molecule has 1 atom stereocenters. The average Bonchev–Trinajstić information content (AvgIpc) is 2.59. The number of carbonyl (C=O) groups excluding carboxylic acids is 1. The smallest absolute Gasteiger partial charge is 0.262 e. The van der Waals surface area contributed by atoms with Gasteiger partial charge in [0.1, 0.15) is 5.82 Å². The molecular formula is C11H12ClF3N2O. The summed E-state index contributed by atoms with van der Waals surface area (Å²) in [6.07, 6.45) is -0.534. The predicted molar refractivity (Wildman–Crippen MR) is 63.6 cm³/mol. The minimum Gasteiger partial charge on any atom is -0.325 e. The van der Waals surface area contributed by atoms with E-state index in [-0.39, 0.29) is 18.1 Å². The van der Waals surface area contributed by atoms with Crippen LogP contribution in [-0.2, 0) is 4.79 Å². The molecule has 3 nitrogen and oxygen atoms in total. The van der Waals surface area contributed by atoms with E-state index in [1.807, 2.05) is 0 Å². The number of nitrogens with one attached hydrogen (secondary N) is 2. The van der Waals surface area contributed by atoms with E-state index in [0.29, 0.717) is 0 Å². The second-order valence-corrected chi connectivity index (χ2v) is 3.99. The van der Waals surface area contributed by atoms with Crippen molar-refractivity contribution in [3.63, 3.8) is 0 Å². The summed E-state index contributed by atoms with van der Waals surface area (Å²) < 4.78 is 38.5. The van der Waals surface area contributed by atoms with Crippen LogP contribution in [-0.4, -0.2) is 24.4 Å². The van der Waals surface area contributed by atoms with Crippen molar-refractivity contribution in [2.75, 3.05) is 11.9 Å². The zero-order valence-corrected chi connectivity index (χ0v) is 10.1. The molecule has 2 rings (SSSR count). The molecule has 1 aliphatic rings. The average molecular weight is 281 g/mol. The monoisotopic (exact) mass is 280 g/mol. The zero-order chi connectivity index (χ0) is 12.5. The summed E-state index contributed by atoms with van der Waals surface area (Å²) in [5, 5.41) is 4.81. The Balaban J connectivity index is 0.00000162. The van der Waals surface area contributed by atoms with Crippen LogP contribution in [0.1, 0.15) is 6.42 Å². The third kappa shape index (κ3) is 3.61. The first-order valence-electron chi connectivity index (χ1n) is 5.14. The molecule has 2 N–H and O–H groups in total. The third-order valence-corrected chi connectivity index (χ3v) is 2.52. The molecule has 0 aromatic heterocycles. The minimum absolute atomic E-state index is 0. The Bertz CT molecular complexity index is 442. The van der Waals surface area contributed by atoms with E-state index < -0.39 is 36.7 Å². The highest BCUT2D eigenvalue weighted by Gasteiger charge is 2.42. The number of halogens is 4. The fraction of sp³-hybridized carbons (Fsp3) is 0.364. The van der Waals surface area contributed by atoms with Crippen LogP contribution in [0.2, 0.25) is 0 Å². The van der Waals surface area contributed by atoms with Gasteiger partial charge in [0.25, 0.3) is 5.92 Å². The van der Waals surface area contributed by atoms with E-state index in [0.717, 1.165) is 6.07 Å². The van der Waals surface area contributed by atoms with E-state index in [1.54, 1.807) is 0 Å². The van der Waals surface area contributed by atoms with Crippen molar-refractivity contribution >= 4 is 24.0 Å². The highest BCUT2D eigenvalue weighted by Crippen LogP contribution is 2.25. The largest absolute Gasteiger partial charge is 0.325 e. The highest BCUT2D eigenvalue weighted by molar-refractivity contribution is 5.95. The van der Waals surface area contributed by atoms with Gasteiger partial charge in [-0.2, -0.15) is 0 Å². The molecule has 100 valence electrons. The van der Waals surface area contributed by atoms with E-state index in [1.165, 1.54) is 18.2 Å². The van der Waals surface area contributed by atoms with Gasteiger partial charge in [-0.15, -0.1) is 12.4 Å². The number of rotatable bonds is 2. The summed E-state index contributed by atoms with van der Waals surface area (Å²) in [7, 11) is 0. The highest BCUT2D eigenvalue weighted by atomic mass is 35.5. The lowest BCUT2D eigenvalue weighted by Gasteiger charge is -2.11. The van der Waals surface area contributed by atoms with Crippen LogP contribution in [0.3, 0.4) is 0 Å². The quantitative estimate of drug-likeness (QED) is 0.872. The predicted octanol–water partition coefficient (Wildman–Crippen LogP) is 2.18. The SMILES string of the molecule is Cl.O=C(Nc1cccc(F)c1)C1CC(F)(F)CN1. The molecule has 1 aliphatic heterocycles. The molecule has 1 saturated heterocycles. The summed E-state index contributed by atoms with van der Waals surface area (Å²) in [6.45, 7) is -0.506. The van der Waals surface area contributed by atoms with Crippen LogP contribution in [0.5, 0.6) is 0 Å². The standard InChI is InChI=1S/C11H11F3N2O.ClH/c12-7-2-1-3-8(4-7)16-10(17)9-5-11(13,14)6-15-9;/h1-4,9,15H,5-6H2,(H,16,17);1H. The fourth-order valence-corrected chi connectivity index (χ4v) is 1.70. The summed E-state index contributed by atoms with van der Waals surface area (Å²) >= 11 is 0. The second-order valence-electron chi connectivity index (χ2n) is 3.99. The lowest BCUT2D eigenvalue weighted by Crippen LogP contribution is -2.35. The van der Waals surface area contributed by atoms with Gasteiger partial charge in [-0.25, -0.2) is 13.2 Å². The van der Waals surface area contributed by atoms with Gasteiger partial charge >= 0.3 is 0 Å². The number of alkyl halides is 2. The van der Waals surface area contributed by atoms with Crippen molar-refractivity contribution in [3.8, 4) is 0 Å². The van der Waals surface area contributed by atoms with Gasteiger partial charge in [-0.1, -0.05) is 6.07 Å². The number of hydrogen-bond donors (Lipinski definition) is 2. The van der Waals surface area contributed by atoms with Crippen LogP contribution in [0.25, 0.3) is 0 Å². The molecule has 1 unspecified atom stereocenters. The first-order chi connectivity index (χ1) is 7.96. The van der Waals surface area contributed by atoms with Crippen molar-refractivity contribution in [2.45, 2.75) is 18.4 Å². The molecule has 18 heavy (non-hydrogen) atoms. The van der Waals surface area contributed by atoms with Crippen molar-refractivity contribution in [1.29, 1.82) is 0 Å². The summed E-state index contributed by atoms with van der Waals surface area (Å²) in [5.41, 5.74) is 0.256. The van der Waals surface area contributed by atoms with Crippen LogP contribution >= 0.6 is 12.4 Å². The van der Waals surface area contributed by atoms with Crippen LogP contribution in [0, 0.1) is 5.82 Å². The fourth-order valence-electron chi connectivity index (χ4n) is 1.70. The number of benzene rings is 1. The van der Waals surface area contributed by atoms with Crippen LogP contribution in [0.4, 0.5) is 18.9 Å². The van der Waals surface area contributed by atoms with Crippen LogP contribution < -0.4 is 10.6 Å². The van der Waals surface area contributed by atoms with Gasteiger partial charge in [0, 0.05) is 12.1 Å². The van der Waals surface area contributed by atoms with Gasteiger partial charge < -0.3 is 5.32 Å². The second kappa shape index (κ2) is 5.58. The molecule has 1 fully saturated rings. The summed E-state index contributed by atoms with van der Waals surface area (Å²) in [5.74, 6) is -3.93. The zero-order valence-electron chi connectivity index (χ0n) is 9.25. The van der Waals surface area contributed by atoms with Gasteiger partial charge in [-0.05, 0) is 18.2 Å². The van der Waals surface area contributed by atoms with E-state index in [4.69, 9.17) is 0 Å². The molecule has 0 spiro atoms. The number of amides is 1. The normalized spacial score (nSPS) is 21.2. The number of hydrogen-bond acceptors (Lipinski definition) is 2. The number of carbonyl (C=O) groups is 1. The van der Waals surface area contributed by atoms with E-state index in [2.05, 4.69) is 10.6 Å². The lowest BCUT2D eigenvalue weighted by molar-refractivity contribution is -0.118. The topological polar surface area (TPSA) is 41.1 Å². The maximum absolute atomic E-state index is 12.9. The Labute approximate surface area is 108 Å². The van der Waals surface area contributed by atoms with Gasteiger partial charge in [0.15, 0.2) is 0 Å². The minimum atomic E-state index is -2.86. The third-order valence-electron chi connectivity index (χ3n) is 2.52. The van der Waals surface area contributed by atoms with Crippen molar-refractivity contribution < 1.29 is 18.0 Å². The van der Waals surface area contributed by atoms with Gasteiger partial charge in [0.2, 0.25) is 5.91 Å². The van der Waals surface area contributed by atoms with Gasteiger partial charge in [0.05, 0.1) is 12.6 Å². The lowest BCUT2D eigenvalue weighted by atomic mass is 10.2. The molecule has 1 amide bonds. The summed E-state index contributed by atoms with van der Waals surface area (Å²) in [4.78, 5) is 11.6. The number of anilines is 1.